The van der Waals surface area contributed by atoms with Gasteiger partial charge in [0.2, 0.25) is 0 Å². The number of nitrogens with one attached hydrogen (secondary N) is 1. The predicted molar refractivity (Wildman–Crippen MR) is 75.3 cm³/mol. The molecule has 1 aromatic heterocycles. The molecule has 0 radical (unpaired) electrons. The summed E-state index contributed by atoms with van der Waals surface area (Å²) in [4.78, 5) is 12.9. The van der Waals surface area contributed by atoms with Gasteiger partial charge in [0, 0.05) is 19.4 Å². The van der Waals surface area contributed by atoms with E-state index in [4.69, 9.17) is 5.11 Å². The molecule has 0 aliphatic heterocycles. The van der Waals surface area contributed by atoms with Crippen LogP contribution in [0.25, 0.3) is 0 Å². The number of halogens is 3. The molecule has 0 saturated carbocycles. The molecule has 116 valence electrons. The predicted octanol–water partition coefficient (Wildman–Crippen LogP) is 2.86. The molecule has 1 heterocycles. The number of carbonyl (C=O) groups is 1. The van der Waals surface area contributed by atoms with Gasteiger partial charge in [-0.05, 0) is 25.0 Å². The maximum atomic E-state index is 12.0. The summed E-state index contributed by atoms with van der Waals surface area (Å²) in [6, 6.07) is 1.66. The first-order valence-corrected chi connectivity index (χ1v) is 7.20. The van der Waals surface area contributed by atoms with Crippen molar-refractivity contribution in [2.45, 2.75) is 32.4 Å². The third kappa shape index (κ3) is 6.65. The SMILES string of the molecule is Cc1cc(C(=O)NCCCC(F)(F)F)sc1C#CCCO. The highest BCUT2D eigenvalue weighted by Gasteiger charge is 2.26. The van der Waals surface area contributed by atoms with Crippen LogP contribution in [0, 0.1) is 18.8 Å². The summed E-state index contributed by atoms with van der Waals surface area (Å²) in [5, 5.41) is 11.1. The van der Waals surface area contributed by atoms with E-state index in [0.29, 0.717) is 11.3 Å². The Balaban J connectivity index is 2.52. The Labute approximate surface area is 125 Å². The first-order chi connectivity index (χ1) is 9.83. The Morgan fingerprint density at radius 2 is 2.19 bits per heavy atom. The van der Waals surface area contributed by atoms with Crippen molar-refractivity contribution in [3.8, 4) is 11.8 Å². The smallest absolute Gasteiger partial charge is 0.389 e. The minimum absolute atomic E-state index is 0.0131. The fourth-order valence-corrected chi connectivity index (χ4v) is 2.46. The number of hydrogen-bond donors (Lipinski definition) is 2. The number of amides is 1. The molecule has 7 heteroatoms. The number of alkyl halides is 3. The fraction of sp³-hybridized carbons (Fsp3) is 0.500. The van der Waals surface area contributed by atoms with Gasteiger partial charge in [-0.1, -0.05) is 11.8 Å². The molecule has 0 spiro atoms. The molecule has 3 nitrogen and oxygen atoms in total. The van der Waals surface area contributed by atoms with Crippen LogP contribution in [-0.2, 0) is 0 Å². The number of aliphatic hydroxyl groups is 1. The molecule has 0 aliphatic carbocycles. The Bertz CT molecular complexity index is 541. The van der Waals surface area contributed by atoms with Gasteiger partial charge in [0.15, 0.2) is 0 Å². The fourth-order valence-electron chi connectivity index (χ4n) is 1.49. The van der Waals surface area contributed by atoms with Gasteiger partial charge < -0.3 is 10.4 Å². The Morgan fingerprint density at radius 1 is 1.48 bits per heavy atom. The summed E-state index contributed by atoms with van der Waals surface area (Å²) < 4.78 is 35.9. The largest absolute Gasteiger partial charge is 0.395 e. The van der Waals surface area contributed by atoms with E-state index in [1.165, 1.54) is 11.3 Å². The lowest BCUT2D eigenvalue weighted by molar-refractivity contribution is -0.135. The lowest BCUT2D eigenvalue weighted by Crippen LogP contribution is -2.24. The summed E-state index contributed by atoms with van der Waals surface area (Å²) in [7, 11) is 0. The van der Waals surface area contributed by atoms with Crippen LogP contribution in [-0.4, -0.2) is 30.3 Å². The zero-order chi connectivity index (χ0) is 15.9. The van der Waals surface area contributed by atoms with Crippen LogP contribution in [0.4, 0.5) is 13.2 Å². The molecule has 0 unspecified atom stereocenters. The first-order valence-electron chi connectivity index (χ1n) is 6.38. The number of rotatable bonds is 5. The topological polar surface area (TPSA) is 49.3 Å². The van der Waals surface area contributed by atoms with E-state index >= 15 is 0 Å². The van der Waals surface area contributed by atoms with Gasteiger partial charge >= 0.3 is 6.18 Å². The van der Waals surface area contributed by atoms with Crippen molar-refractivity contribution in [2.24, 2.45) is 0 Å². The van der Waals surface area contributed by atoms with Crippen molar-refractivity contribution in [3.05, 3.63) is 21.4 Å². The number of hydrogen-bond acceptors (Lipinski definition) is 3. The molecule has 0 atom stereocenters. The lowest BCUT2D eigenvalue weighted by atomic mass is 10.2. The third-order valence-corrected chi connectivity index (χ3v) is 3.65. The molecular formula is C14H16F3NO2S. The van der Waals surface area contributed by atoms with Crippen LogP contribution in [0.1, 0.15) is 39.4 Å². The number of aryl methyl sites for hydroxylation is 1. The Kier molecular flexibility index (Phi) is 6.72. The van der Waals surface area contributed by atoms with E-state index in [0.717, 1.165) is 10.4 Å². The standard InChI is InChI=1S/C14H16F3NO2S/c1-10-9-12(21-11(10)5-2-3-8-19)13(20)18-7-4-6-14(15,16)17/h9,19H,3-4,6-8H2,1H3,(H,18,20). The van der Waals surface area contributed by atoms with Gasteiger partial charge in [-0.15, -0.1) is 11.3 Å². The average molecular weight is 319 g/mol. The molecule has 0 saturated heterocycles. The van der Waals surface area contributed by atoms with Gasteiger partial charge in [-0.3, -0.25) is 4.79 Å². The van der Waals surface area contributed by atoms with Crippen LogP contribution in [0.2, 0.25) is 0 Å². The van der Waals surface area contributed by atoms with Gasteiger partial charge in [-0.25, -0.2) is 0 Å². The second-order valence-electron chi connectivity index (χ2n) is 4.37. The quantitative estimate of drug-likeness (QED) is 0.648. The molecule has 0 aliphatic rings. The third-order valence-electron chi connectivity index (χ3n) is 2.50. The number of aliphatic hydroxyl groups excluding tert-OH is 1. The average Bonchev–Trinajstić information content (AvgIpc) is 2.75. The molecule has 0 bridgehead atoms. The van der Waals surface area contributed by atoms with Crippen LogP contribution >= 0.6 is 11.3 Å². The summed E-state index contributed by atoms with van der Waals surface area (Å²) in [6.45, 7) is 1.77. The monoisotopic (exact) mass is 319 g/mol. The van der Waals surface area contributed by atoms with E-state index in [-0.39, 0.29) is 25.5 Å². The summed E-state index contributed by atoms with van der Waals surface area (Å²) >= 11 is 1.19. The first kappa shape index (κ1) is 17.5. The summed E-state index contributed by atoms with van der Waals surface area (Å²) in [5.41, 5.74) is 0.839. The van der Waals surface area contributed by atoms with Crippen LogP contribution in [0.15, 0.2) is 6.07 Å². The van der Waals surface area contributed by atoms with Crippen molar-refractivity contribution in [3.63, 3.8) is 0 Å². The number of thiophene rings is 1. The van der Waals surface area contributed by atoms with Gasteiger partial charge in [-0.2, -0.15) is 13.2 Å². The normalized spacial score (nSPS) is 10.9. The highest BCUT2D eigenvalue weighted by molar-refractivity contribution is 7.14. The molecule has 1 rings (SSSR count). The van der Waals surface area contributed by atoms with E-state index in [9.17, 15) is 18.0 Å². The zero-order valence-corrected chi connectivity index (χ0v) is 12.3. The molecule has 1 amide bonds. The molecule has 2 N–H and O–H groups in total. The number of carbonyl (C=O) groups excluding carboxylic acids is 1. The second kappa shape index (κ2) is 8.05. The zero-order valence-electron chi connectivity index (χ0n) is 11.5. The molecule has 0 fully saturated rings. The Hall–Kier alpha value is -1.52. The van der Waals surface area contributed by atoms with Crippen LogP contribution in [0.3, 0.4) is 0 Å². The van der Waals surface area contributed by atoms with Crippen molar-refractivity contribution >= 4 is 17.2 Å². The highest BCUT2D eigenvalue weighted by Crippen LogP contribution is 2.22. The van der Waals surface area contributed by atoms with Crippen LogP contribution in [0.5, 0.6) is 0 Å². The molecule has 21 heavy (non-hydrogen) atoms. The van der Waals surface area contributed by atoms with Crippen molar-refractivity contribution in [1.29, 1.82) is 0 Å². The Morgan fingerprint density at radius 3 is 2.81 bits per heavy atom. The van der Waals surface area contributed by atoms with Gasteiger partial charge in [0.05, 0.1) is 16.4 Å². The lowest BCUT2D eigenvalue weighted by Gasteiger charge is -2.06. The maximum absolute atomic E-state index is 12.0. The van der Waals surface area contributed by atoms with Crippen molar-refractivity contribution in [1.82, 2.24) is 5.32 Å². The summed E-state index contributed by atoms with van der Waals surface area (Å²) in [5.74, 6) is 5.23. The minimum atomic E-state index is -4.19. The molecule has 1 aromatic rings. The van der Waals surface area contributed by atoms with Gasteiger partial charge in [0.25, 0.3) is 5.91 Å². The van der Waals surface area contributed by atoms with Crippen molar-refractivity contribution in [2.75, 3.05) is 13.2 Å². The highest BCUT2D eigenvalue weighted by atomic mass is 32.1. The van der Waals surface area contributed by atoms with E-state index in [1.807, 2.05) is 0 Å². The second-order valence-corrected chi connectivity index (χ2v) is 5.43. The summed E-state index contributed by atoms with van der Waals surface area (Å²) in [6.07, 6.45) is -4.88. The maximum Gasteiger partial charge on any atom is 0.389 e. The minimum Gasteiger partial charge on any atom is -0.395 e. The van der Waals surface area contributed by atoms with E-state index in [2.05, 4.69) is 17.2 Å². The molecular weight excluding hydrogens is 303 g/mol. The van der Waals surface area contributed by atoms with E-state index < -0.39 is 12.6 Å². The van der Waals surface area contributed by atoms with Crippen LogP contribution < -0.4 is 5.32 Å². The van der Waals surface area contributed by atoms with Crippen molar-refractivity contribution < 1.29 is 23.1 Å². The molecule has 0 aromatic carbocycles. The van der Waals surface area contributed by atoms with E-state index in [1.54, 1.807) is 13.0 Å². The van der Waals surface area contributed by atoms with Gasteiger partial charge in [0.1, 0.15) is 0 Å².